The van der Waals surface area contributed by atoms with Gasteiger partial charge in [0.1, 0.15) is 0 Å². The molecule has 3 aliphatic rings. The SMILES string of the molecule is O=C(c1ccccc1)c1cc(Cl)ccc1N1C(=O)[C@H]2[C@H]3CC[C@@H](C3)[C@@H]2C1=O. The second-order valence-corrected chi connectivity index (χ2v) is 8.19. The zero-order valence-electron chi connectivity index (χ0n) is 14.6. The van der Waals surface area contributed by atoms with Gasteiger partial charge in [-0.1, -0.05) is 41.9 Å². The zero-order valence-corrected chi connectivity index (χ0v) is 15.4. The molecule has 5 rings (SSSR count). The molecule has 0 unspecified atom stereocenters. The summed E-state index contributed by atoms with van der Waals surface area (Å²) < 4.78 is 0. The maximum atomic E-state index is 13.1. The summed E-state index contributed by atoms with van der Waals surface area (Å²) in [7, 11) is 0. The van der Waals surface area contributed by atoms with Crippen molar-refractivity contribution in [3.05, 3.63) is 64.7 Å². The van der Waals surface area contributed by atoms with Crippen LogP contribution in [0.2, 0.25) is 5.02 Å². The van der Waals surface area contributed by atoms with Crippen molar-refractivity contribution in [1.82, 2.24) is 0 Å². The van der Waals surface area contributed by atoms with Gasteiger partial charge in [-0.2, -0.15) is 0 Å². The molecule has 136 valence electrons. The minimum atomic E-state index is -0.242. The fourth-order valence-electron chi connectivity index (χ4n) is 5.28. The first kappa shape index (κ1) is 16.7. The molecule has 27 heavy (non-hydrogen) atoms. The van der Waals surface area contributed by atoms with Gasteiger partial charge in [-0.3, -0.25) is 14.4 Å². The molecule has 4 nitrogen and oxygen atoms in total. The molecular formula is C22H18ClNO3. The van der Waals surface area contributed by atoms with Crippen LogP contribution in [0.25, 0.3) is 0 Å². The van der Waals surface area contributed by atoms with Crippen molar-refractivity contribution in [3.8, 4) is 0 Å². The Morgan fingerprint density at radius 1 is 0.926 bits per heavy atom. The minimum absolute atomic E-state index is 0.151. The first-order valence-corrected chi connectivity index (χ1v) is 9.71. The van der Waals surface area contributed by atoms with Crippen LogP contribution < -0.4 is 4.90 Å². The van der Waals surface area contributed by atoms with E-state index in [1.165, 1.54) is 4.90 Å². The van der Waals surface area contributed by atoms with Crippen LogP contribution >= 0.6 is 11.6 Å². The fourth-order valence-corrected chi connectivity index (χ4v) is 5.45. The standard InChI is InChI=1S/C22H18ClNO3/c23-15-8-9-17(16(11-15)20(25)12-4-2-1-3-5-12)24-21(26)18-13-6-7-14(10-13)19(18)22(24)27/h1-5,8-9,11,13-14,18-19H,6-7,10H2/t13-,14-,18-,19-/m0/s1. The van der Waals surface area contributed by atoms with Gasteiger partial charge in [-0.05, 0) is 49.3 Å². The van der Waals surface area contributed by atoms with Crippen LogP contribution in [0.4, 0.5) is 5.69 Å². The van der Waals surface area contributed by atoms with Crippen LogP contribution in [-0.4, -0.2) is 17.6 Å². The number of imide groups is 1. The molecule has 1 aliphatic heterocycles. The second kappa shape index (κ2) is 6.03. The molecule has 2 aromatic rings. The summed E-state index contributed by atoms with van der Waals surface area (Å²) in [6.07, 6.45) is 3.03. The van der Waals surface area contributed by atoms with E-state index in [1.807, 2.05) is 6.07 Å². The average molecular weight is 380 g/mol. The molecule has 0 N–H and O–H groups in total. The Morgan fingerprint density at radius 3 is 2.19 bits per heavy atom. The Labute approximate surface area is 162 Å². The lowest BCUT2D eigenvalue weighted by Gasteiger charge is -2.20. The molecule has 2 aliphatic carbocycles. The normalized spacial score (nSPS) is 28.7. The van der Waals surface area contributed by atoms with E-state index in [-0.39, 0.29) is 29.4 Å². The molecular weight excluding hydrogens is 362 g/mol. The Morgan fingerprint density at radius 2 is 1.56 bits per heavy atom. The van der Waals surface area contributed by atoms with Crippen LogP contribution in [0.15, 0.2) is 48.5 Å². The minimum Gasteiger partial charge on any atom is -0.289 e. The molecule has 5 heteroatoms. The van der Waals surface area contributed by atoms with E-state index in [9.17, 15) is 14.4 Å². The van der Waals surface area contributed by atoms with Gasteiger partial charge in [0, 0.05) is 16.1 Å². The number of nitrogens with zero attached hydrogens (tertiary/aromatic N) is 1. The smallest absolute Gasteiger partial charge is 0.237 e. The molecule has 2 amide bonds. The highest BCUT2D eigenvalue weighted by Gasteiger charge is 2.61. The number of fused-ring (bicyclic) bond motifs is 5. The first-order chi connectivity index (χ1) is 13.1. The number of ketones is 1. The third-order valence-electron chi connectivity index (χ3n) is 6.41. The Bertz CT molecular complexity index is 943. The van der Waals surface area contributed by atoms with Crippen LogP contribution in [0.5, 0.6) is 0 Å². The third kappa shape index (κ3) is 2.39. The molecule has 0 spiro atoms. The molecule has 1 saturated heterocycles. The van der Waals surface area contributed by atoms with Crippen molar-refractivity contribution < 1.29 is 14.4 Å². The lowest BCUT2D eigenvalue weighted by atomic mass is 9.81. The Balaban J connectivity index is 1.59. The lowest BCUT2D eigenvalue weighted by molar-refractivity contribution is -0.123. The molecule has 0 aromatic heterocycles. The van der Waals surface area contributed by atoms with Crippen molar-refractivity contribution in [2.75, 3.05) is 4.90 Å². The first-order valence-electron chi connectivity index (χ1n) is 9.33. The van der Waals surface area contributed by atoms with Crippen molar-refractivity contribution in [1.29, 1.82) is 0 Å². The number of halogens is 1. The quantitative estimate of drug-likeness (QED) is 0.595. The molecule has 3 fully saturated rings. The topological polar surface area (TPSA) is 54.5 Å². The van der Waals surface area contributed by atoms with E-state index in [0.29, 0.717) is 33.7 Å². The number of hydrogen-bond donors (Lipinski definition) is 0. The zero-order chi connectivity index (χ0) is 18.7. The van der Waals surface area contributed by atoms with Gasteiger partial charge < -0.3 is 0 Å². The van der Waals surface area contributed by atoms with Gasteiger partial charge in [-0.25, -0.2) is 4.90 Å². The summed E-state index contributed by atoms with van der Waals surface area (Å²) in [5.41, 5.74) is 1.15. The molecule has 4 atom stereocenters. The monoisotopic (exact) mass is 379 g/mol. The summed E-state index contributed by atoms with van der Waals surface area (Å²) in [5.74, 6) is -0.362. The Kier molecular flexibility index (Phi) is 3.73. The van der Waals surface area contributed by atoms with Gasteiger partial charge in [-0.15, -0.1) is 0 Å². The average Bonchev–Trinajstić information content (AvgIpc) is 3.36. The number of carbonyl (C=O) groups excluding carboxylic acids is 3. The molecule has 2 aromatic carbocycles. The van der Waals surface area contributed by atoms with Gasteiger partial charge in [0.25, 0.3) is 0 Å². The highest BCUT2D eigenvalue weighted by molar-refractivity contribution is 6.32. The summed E-state index contributed by atoms with van der Waals surface area (Å²) in [4.78, 5) is 40.6. The second-order valence-electron chi connectivity index (χ2n) is 7.75. The predicted molar refractivity (Wildman–Crippen MR) is 102 cm³/mol. The number of hydrogen-bond acceptors (Lipinski definition) is 3. The van der Waals surface area contributed by atoms with Crippen molar-refractivity contribution in [2.45, 2.75) is 19.3 Å². The van der Waals surface area contributed by atoms with Gasteiger partial charge in [0.2, 0.25) is 11.8 Å². The summed E-state index contributed by atoms with van der Waals surface area (Å²) in [5, 5.41) is 0.400. The van der Waals surface area contributed by atoms with Crippen molar-refractivity contribution in [3.63, 3.8) is 0 Å². The maximum absolute atomic E-state index is 13.1. The third-order valence-corrected chi connectivity index (χ3v) is 6.64. The van der Waals surface area contributed by atoms with E-state index in [2.05, 4.69) is 0 Å². The molecule has 2 bridgehead atoms. The number of amides is 2. The van der Waals surface area contributed by atoms with Crippen LogP contribution in [0.3, 0.4) is 0 Å². The summed E-state index contributed by atoms with van der Waals surface area (Å²) >= 11 is 6.14. The van der Waals surface area contributed by atoms with Crippen LogP contribution in [0.1, 0.15) is 35.2 Å². The molecule has 2 saturated carbocycles. The predicted octanol–water partition coefficient (Wildman–Crippen LogP) is 4.11. The van der Waals surface area contributed by atoms with Gasteiger partial charge in [0.05, 0.1) is 17.5 Å². The number of benzene rings is 2. The van der Waals surface area contributed by atoms with E-state index in [1.54, 1.807) is 42.5 Å². The maximum Gasteiger partial charge on any atom is 0.237 e. The molecule has 0 radical (unpaired) electrons. The van der Waals surface area contributed by atoms with Crippen LogP contribution in [0, 0.1) is 23.7 Å². The molecule has 1 heterocycles. The van der Waals surface area contributed by atoms with Crippen molar-refractivity contribution >= 4 is 34.9 Å². The largest absolute Gasteiger partial charge is 0.289 e. The number of anilines is 1. The van der Waals surface area contributed by atoms with Gasteiger partial charge in [0.15, 0.2) is 5.78 Å². The van der Waals surface area contributed by atoms with E-state index >= 15 is 0 Å². The lowest BCUT2D eigenvalue weighted by Crippen LogP contribution is -2.34. The number of carbonyl (C=O) groups is 3. The summed E-state index contributed by atoms with van der Waals surface area (Å²) in [6.45, 7) is 0. The number of rotatable bonds is 3. The van der Waals surface area contributed by atoms with E-state index < -0.39 is 0 Å². The van der Waals surface area contributed by atoms with E-state index in [4.69, 9.17) is 11.6 Å². The van der Waals surface area contributed by atoms with Crippen molar-refractivity contribution in [2.24, 2.45) is 23.7 Å². The highest BCUT2D eigenvalue weighted by atomic mass is 35.5. The fraction of sp³-hybridized carbons (Fsp3) is 0.318. The highest BCUT2D eigenvalue weighted by Crippen LogP contribution is 2.56. The van der Waals surface area contributed by atoms with Gasteiger partial charge >= 0.3 is 0 Å². The Hall–Kier alpha value is -2.46. The van der Waals surface area contributed by atoms with E-state index in [0.717, 1.165) is 19.3 Å². The summed E-state index contributed by atoms with van der Waals surface area (Å²) in [6, 6.07) is 13.6. The van der Waals surface area contributed by atoms with Crippen LogP contribution in [-0.2, 0) is 9.59 Å².